The zero-order valence-electron chi connectivity index (χ0n) is 12.6. The van der Waals surface area contributed by atoms with Crippen molar-refractivity contribution in [3.05, 3.63) is 0 Å². The van der Waals surface area contributed by atoms with Crippen LogP contribution in [0.25, 0.3) is 0 Å². The van der Waals surface area contributed by atoms with Crippen molar-refractivity contribution >= 4 is 11.6 Å². The highest BCUT2D eigenvalue weighted by atomic mass is 16.1. The van der Waals surface area contributed by atoms with Crippen LogP contribution in [0.3, 0.4) is 0 Å². The van der Waals surface area contributed by atoms with Crippen LogP contribution < -0.4 is 0 Å². The van der Waals surface area contributed by atoms with Gasteiger partial charge in [0.2, 0.25) is 0 Å². The first-order valence-corrected chi connectivity index (χ1v) is 8.22. The summed E-state index contributed by atoms with van der Waals surface area (Å²) < 4.78 is 0. The topological polar surface area (TPSA) is 34.1 Å². The molecular weight excluding hydrogens is 236 g/mol. The van der Waals surface area contributed by atoms with E-state index in [0.717, 1.165) is 32.1 Å². The number of hydrogen-bond acceptors (Lipinski definition) is 2. The van der Waals surface area contributed by atoms with E-state index in [1.807, 2.05) is 0 Å². The van der Waals surface area contributed by atoms with Crippen molar-refractivity contribution < 1.29 is 9.59 Å². The van der Waals surface area contributed by atoms with Crippen LogP contribution in [0.15, 0.2) is 0 Å². The van der Waals surface area contributed by atoms with Gasteiger partial charge in [0.25, 0.3) is 0 Å². The van der Waals surface area contributed by atoms with Crippen LogP contribution in [0.5, 0.6) is 0 Å². The van der Waals surface area contributed by atoms with Crippen LogP contribution in [0.4, 0.5) is 0 Å². The van der Waals surface area contributed by atoms with E-state index in [9.17, 15) is 9.59 Å². The molecule has 1 aliphatic rings. The zero-order chi connectivity index (χ0) is 13.9. The van der Waals surface area contributed by atoms with Crippen molar-refractivity contribution in [2.75, 3.05) is 0 Å². The predicted molar refractivity (Wildman–Crippen MR) is 79.2 cm³/mol. The van der Waals surface area contributed by atoms with Crippen molar-refractivity contribution in [1.82, 2.24) is 0 Å². The fraction of sp³-hybridized carbons (Fsp3) is 0.882. The Balaban J connectivity index is 2.32. The molecule has 2 nitrogen and oxygen atoms in total. The highest BCUT2D eigenvalue weighted by Crippen LogP contribution is 2.17. The van der Waals surface area contributed by atoms with Gasteiger partial charge < -0.3 is 0 Å². The number of Topliss-reactive ketones (excluding diaryl/α,β-unsaturated/α-hetero) is 2. The Hall–Kier alpha value is -0.660. The lowest BCUT2D eigenvalue weighted by molar-refractivity contribution is -0.121. The molecule has 0 N–H and O–H groups in total. The van der Waals surface area contributed by atoms with E-state index >= 15 is 0 Å². The van der Waals surface area contributed by atoms with E-state index in [-0.39, 0.29) is 0 Å². The molecule has 1 fully saturated rings. The molecule has 1 atom stereocenters. The summed E-state index contributed by atoms with van der Waals surface area (Å²) in [4.78, 5) is 23.5. The van der Waals surface area contributed by atoms with Gasteiger partial charge in [0, 0.05) is 25.7 Å². The molecule has 0 aliphatic heterocycles. The Morgan fingerprint density at radius 2 is 1.16 bits per heavy atom. The summed E-state index contributed by atoms with van der Waals surface area (Å²) in [6.07, 6.45) is 13.4. The highest BCUT2D eigenvalue weighted by Gasteiger charge is 2.11. The molecule has 0 heterocycles. The molecule has 0 saturated heterocycles. The summed E-state index contributed by atoms with van der Waals surface area (Å²) in [7, 11) is 0. The normalized spacial score (nSPS) is 26.3. The standard InChI is InChI=1S/C17H30O2/c1-15-12-13-16(18)10-8-6-4-2-3-5-7-9-11-17(19)14-15/h15H,2-14H2,1H3. The SMILES string of the molecule is CC1CCC(=O)CCCCCCCCCCC(=O)C1. The van der Waals surface area contributed by atoms with Gasteiger partial charge in [0.15, 0.2) is 0 Å². The maximum Gasteiger partial charge on any atom is 0.133 e. The lowest BCUT2D eigenvalue weighted by Gasteiger charge is -2.10. The summed E-state index contributed by atoms with van der Waals surface area (Å²) in [5, 5.41) is 0. The lowest BCUT2D eigenvalue weighted by atomic mass is 9.94. The molecule has 0 aromatic heterocycles. The molecule has 0 bridgehead atoms. The molecule has 2 heteroatoms. The average molecular weight is 266 g/mol. The molecule has 110 valence electrons. The summed E-state index contributed by atoms with van der Waals surface area (Å²) in [5.74, 6) is 1.17. The Morgan fingerprint density at radius 3 is 1.74 bits per heavy atom. The molecule has 0 spiro atoms. The van der Waals surface area contributed by atoms with E-state index in [2.05, 4.69) is 6.92 Å². The van der Waals surface area contributed by atoms with Crippen LogP contribution in [0.2, 0.25) is 0 Å². The monoisotopic (exact) mass is 266 g/mol. The molecule has 1 saturated carbocycles. The maximum absolute atomic E-state index is 11.8. The van der Waals surface area contributed by atoms with Gasteiger partial charge in [0.1, 0.15) is 11.6 Å². The van der Waals surface area contributed by atoms with E-state index in [1.54, 1.807) is 0 Å². The Labute approximate surface area is 118 Å². The van der Waals surface area contributed by atoms with Gasteiger partial charge in [-0.2, -0.15) is 0 Å². The molecule has 19 heavy (non-hydrogen) atoms. The van der Waals surface area contributed by atoms with Crippen LogP contribution in [-0.4, -0.2) is 11.6 Å². The van der Waals surface area contributed by atoms with Gasteiger partial charge in [-0.05, 0) is 25.2 Å². The molecule has 1 unspecified atom stereocenters. The van der Waals surface area contributed by atoms with Crippen molar-refractivity contribution in [1.29, 1.82) is 0 Å². The number of carbonyl (C=O) groups excluding carboxylic acids is 2. The van der Waals surface area contributed by atoms with Crippen LogP contribution in [-0.2, 0) is 9.59 Å². The Bertz CT molecular complexity index is 270. The fourth-order valence-electron chi connectivity index (χ4n) is 2.83. The number of rotatable bonds is 0. The van der Waals surface area contributed by atoms with Gasteiger partial charge in [-0.1, -0.05) is 45.4 Å². The summed E-state index contributed by atoms with van der Waals surface area (Å²) in [6.45, 7) is 2.11. The van der Waals surface area contributed by atoms with Gasteiger partial charge in [0.05, 0.1) is 0 Å². The molecule has 0 amide bonds. The first-order chi connectivity index (χ1) is 9.18. The number of ketones is 2. The van der Waals surface area contributed by atoms with E-state index < -0.39 is 0 Å². The molecule has 0 aromatic rings. The summed E-state index contributed by atoms with van der Waals surface area (Å²) in [6, 6.07) is 0. The van der Waals surface area contributed by atoms with Gasteiger partial charge in [-0.3, -0.25) is 9.59 Å². The predicted octanol–water partition coefficient (Wildman–Crippen LogP) is 4.85. The van der Waals surface area contributed by atoms with Gasteiger partial charge in [-0.25, -0.2) is 0 Å². The Morgan fingerprint density at radius 1 is 0.684 bits per heavy atom. The second-order valence-electron chi connectivity index (χ2n) is 6.25. The van der Waals surface area contributed by atoms with E-state index in [0.29, 0.717) is 30.3 Å². The third-order valence-corrected chi connectivity index (χ3v) is 4.15. The minimum atomic E-state index is 0.379. The van der Waals surface area contributed by atoms with Gasteiger partial charge in [-0.15, -0.1) is 0 Å². The van der Waals surface area contributed by atoms with Crippen LogP contribution in [0, 0.1) is 5.92 Å². The van der Waals surface area contributed by atoms with Crippen molar-refractivity contribution in [2.45, 2.75) is 90.4 Å². The second-order valence-corrected chi connectivity index (χ2v) is 6.25. The Kier molecular flexibility index (Phi) is 8.77. The minimum absolute atomic E-state index is 0.379. The highest BCUT2D eigenvalue weighted by molar-refractivity contribution is 5.79. The number of carbonyl (C=O) groups is 2. The fourth-order valence-corrected chi connectivity index (χ4v) is 2.83. The van der Waals surface area contributed by atoms with Crippen LogP contribution >= 0.6 is 0 Å². The summed E-state index contributed by atoms with van der Waals surface area (Å²) in [5.41, 5.74) is 0. The summed E-state index contributed by atoms with van der Waals surface area (Å²) >= 11 is 0. The van der Waals surface area contributed by atoms with E-state index in [4.69, 9.17) is 0 Å². The third kappa shape index (κ3) is 8.96. The average Bonchev–Trinajstić information content (AvgIpc) is 2.37. The molecule has 0 radical (unpaired) electrons. The quantitative estimate of drug-likeness (QED) is 0.628. The zero-order valence-corrected chi connectivity index (χ0v) is 12.6. The third-order valence-electron chi connectivity index (χ3n) is 4.15. The van der Waals surface area contributed by atoms with Crippen molar-refractivity contribution in [2.24, 2.45) is 5.92 Å². The van der Waals surface area contributed by atoms with Crippen LogP contribution in [0.1, 0.15) is 90.4 Å². The number of hydrogen-bond donors (Lipinski definition) is 0. The minimum Gasteiger partial charge on any atom is -0.300 e. The van der Waals surface area contributed by atoms with Crippen molar-refractivity contribution in [3.8, 4) is 0 Å². The molecule has 1 rings (SSSR count). The molecule has 0 aromatic carbocycles. The second kappa shape index (κ2) is 10.2. The first-order valence-electron chi connectivity index (χ1n) is 8.22. The first kappa shape index (κ1) is 16.4. The maximum atomic E-state index is 11.8. The smallest absolute Gasteiger partial charge is 0.133 e. The molecular formula is C17H30O2. The van der Waals surface area contributed by atoms with Gasteiger partial charge >= 0.3 is 0 Å². The van der Waals surface area contributed by atoms with E-state index in [1.165, 1.54) is 38.5 Å². The molecule has 1 aliphatic carbocycles. The largest absolute Gasteiger partial charge is 0.300 e. The lowest BCUT2D eigenvalue weighted by Crippen LogP contribution is -2.08. The van der Waals surface area contributed by atoms with Crippen molar-refractivity contribution in [3.63, 3.8) is 0 Å².